The number of rotatable bonds is 4. The molecule has 0 unspecified atom stereocenters. The molecule has 2 aromatic rings. The average Bonchev–Trinajstić information content (AvgIpc) is 2.49. The Kier molecular flexibility index (Phi) is 4.74. The van der Waals surface area contributed by atoms with Crippen LogP contribution < -0.4 is 4.74 Å². The SMILES string of the molecule is O=[C]c1cc(Oc2c(F)cc(C(F)(F)F)cc2Cl)ccc1[N+](=O)[O-]. The highest BCUT2D eigenvalue weighted by Crippen LogP contribution is 2.39. The van der Waals surface area contributed by atoms with Crippen LogP contribution in [0.3, 0.4) is 0 Å². The first-order valence-electron chi connectivity index (χ1n) is 6.04. The number of ether oxygens (including phenoxy) is 1. The molecule has 10 heteroatoms. The molecule has 0 fully saturated rings. The summed E-state index contributed by atoms with van der Waals surface area (Å²) in [4.78, 5) is 20.6. The van der Waals surface area contributed by atoms with Gasteiger partial charge in [0.2, 0.25) is 6.29 Å². The topological polar surface area (TPSA) is 69.4 Å². The molecular formula is C14H5ClF4NO4. The molecule has 0 N–H and O–H groups in total. The van der Waals surface area contributed by atoms with Crippen molar-refractivity contribution in [3.63, 3.8) is 0 Å². The third-order valence-corrected chi connectivity index (χ3v) is 3.10. The van der Waals surface area contributed by atoms with E-state index in [2.05, 4.69) is 0 Å². The summed E-state index contributed by atoms with van der Waals surface area (Å²) in [5.41, 5.74) is -2.33. The van der Waals surface area contributed by atoms with Crippen molar-refractivity contribution in [1.29, 1.82) is 0 Å². The van der Waals surface area contributed by atoms with Gasteiger partial charge in [0, 0.05) is 6.07 Å². The summed E-state index contributed by atoms with van der Waals surface area (Å²) in [5.74, 6) is -2.33. The Bertz CT molecular complexity index is 800. The van der Waals surface area contributed by atoms with Crippen LogP contribution in [0.25, 0.3) is 0 Å². The molecule has 0 saturated carbocycles. The van der Waals surface area contributed by atoms with E-state index in [4.69, 9.17) is 16.3 Å². The van der Waals surface area contributed by atoms with Crippen molar-refractivity contribution >= 4 is 23.6 Å². The zero-order valence-electron chi connectivity index (χ0n) is 11.4. The lowest BCUT2D eigenvalue weighted by atomic mass is 10.2. The van der Waals surface area contributed by atoms with Gasteiger partial charge in [-0.2, -0.15) is 13.2 Å². The molecule has 24 heavy (non-hydrogen) atoms. The average molecular weight is 363 g/mol. The van der Waals surface area contributed by atoms with Crippen molar-refractivity contribution in [2.45, 2.75) is 6.18 Å². The van der Waals surface area contributed by atoms with E-state index >= 15 is 0 Å². The smallest absolute Gasteiger partial charge is 0.416 e. The van der Waals surface area contributed by atoms with Crippen LogP contribution in [-0.2, 0) is 11.0 Å². The maximum absolute atomic E-state index is 13.8. The van der Waals surface area contributed by atoms with E-state index in [0.717, 1.165) is 18.2 Å². The number of alkyl halides is 3. The van der Waals surface area contributed by atoms with Crippen LogP contribution in [-0.4, -0.2) is 11.2 Å². The number of benzene rings is 2. The molecule has 0 amide bonds. The Labute approximate surface area is 136 Å². The normalized spacial score (nSPS) is 11.2. The number of hydrogen-bond donors (Lipinski definition) is 0. The second-order valence-corrected chi connectivity index (χ2v) is 4.81. The highest BCUT2D eigenvalue weighted by atomic mass is 35.5. The number of carbonyl (C=O) groups excluding carboxylic acids is 1. The minimum absolute atomic E-state index is 0.194. The molecule has 2 aromatic carbocycles. The molecule has 0 bridgehead atoms. The van der Waals surface area contributed by atoms with Gasteiger partial charge in [0.1, 0.15) is 11.3 Å². The van der Waals surface area contributed by atoms with Crippen LogP contribution >= 0.6 is 11.6 Å². The Morgan fingerprint density at radius 1 is 1.21 bits per heavy atom. The first-order chi connectivity index (χ1) is 11.1. The molecule has 125 valence electrons. The zero-order chi connectivity index (χ0) is 18.1. The van der Waals surface area contributed by atoms with Gasteiger partial charge in [0.15, 0.2) is 11.6 Å². The van der Waals surface area contributed by atoms with E-state index in [0.29, 0.717) is 6.07 Å². The van der Waals surface area contributed by atoms with Gasteiger partial charge in [-0.3, -0.25) is 14.9 Å². The monoisotopic (exact) mass is 362 g/mol. The number of nitro benzene ring substituents is 1. The molecule has 0 aliphatic heterocycles. The molecule has 0 atom stereocenters. The molecule has 2 rings (SSSR count). The first kappa shape index (κ1) is 17.7. The Balaban J connectivity index is 2.42. The second-order valence-electron chi connectivity index (χ2n) is 4.41. The molecule has 5 nitrogen and oxygen atoms in total. The predicted molar refractivity (Wildman–Crippen MR) is 74.4 cm³/mol. The third kappa shape index (κ3) is 3.62. The van der Waals surface area contributed by atoms with Crippen molar-refractivity contribution in [3.05, 3.63) is 62.4 Å². The van der Waals surface area contributed by atoms with Gasteiger partial charge in [-0.15, -0.1) is 0 Å². The Morgan fingerprint density at radius 2 is 1.88 bits per heavy atom. The Morgan fingerprint density at radius 3 is 2.38 bits per heavy atom. The standard InChI is InChI=1S/C14H5ClF4NO4/c15-10-4-8(14(17,18)19)5-11(16)13(10)24-9-1-2-12(20(22)23)7(3-9)6-21/h1-5H. The maximum Gasteiger partial charge on any atom is 0.416 e. The number of nitro groups is 1. The van der Waals surface area contributed by atoms with Gasteiger partial charge in [0.05, 0.1) is 15.5 Å². The van der Waals surface area contributed by atoms with Crippen LogP contribution in [0.2, 0.25) is 5.02 Å². The summed E-state index contributed by atoms with van der Waals surface area (Å²) in [6.45, 7) is 0. The van der Waals surface area contributed by atoms with Crippen LogP contribution in [0.1, 0.15) is 11.1 Å². The lowest BCUT2D eigenvalue weighted by molar-refractivity contribution is -0.385. The lowest BCUT2D eigenvalue weighted by Gasteiger charge is -2.12. The number of hydrogen-bond acceptors (Lipinski definition) is 4. The van der Waals surface area contributed by atoms with E-state index in [1.165, 1.54) is 6.29 Å². The van der Waals surface area contributed by atoms with E-state index in [1.54, 1.807) is 0 Å². The Hall–Kier alpha value is -2.68. The molecule has 0 aliphatic carbocycles. The summed E-state index contributed by atoms with van der Waals surface area (Å²) < 4.78 is 56.5. The quantitative estimate of drug-likeness (QED) is 0.451. The van der Waals surface area contributed by atoms with Crippen molar-refractivity contribution < 1.29 is 32.0 Å². The van der Waals surface area contributed by atoms with Gasteiger partial charge >= 0.3 is 6.18 Å². The molecule has 0 aromatic heterocycles. The summed E-state index contributed by atoms with van der Waals surface area (Å²) in [5, 5.41) is 10.0. The molecule has 0 aliphatic rings. The highest BCUT2D eigenvalue weighted by molar-refractivity contribution is 6.32. The van der Waals surface area contributed by atoms with Gasteiger partial charge in [0.25, 0.3) is 5.69 Å². The van der Waals surface area contributed by atoms with Crippen molar-refractivity contribution in [3.8, 4) is 11.5 Å². The number of halogens is 5. The maximum atomic E-state index is 13.8. The number of nitrogens with zero attached hydrogens (tertiary/aromatic N) is 1. The predicted octanol–water partition coefficient (Wildman–Crippen LogP) is 4.66. The minimum atomic E-state index is -4.80. The summed E-state index contributed by atoms with van der Waals surface area (Å²) >= 11 is 5.60. The second kappa shape index (κ2) is 6.44. The van der Waals surface area contributed by atoms with Gasteiger partial charge in [-0.25, -0.2) is 4.39 Å². The fourth-order valence-electron chi connectivity index (χ4n) is 1.76. The fourth-order valence-corrected chi connectivity index (χ4v) is 2.00. The van der Waals surface area contributed by atoms with Crippen molar-refractivity contribution in [1.82, 2.24) is 0 Å². The highest BCUT2D eigenvalue weighted by Gasteiger charge is 2.32. The lowest BCUT2D eigenvalue weighted by Crippen LogP contribution is -2.06. The van der Waals surface area contributed by atoms with Gasteiger partial charge in [-0.05, 0) is 24.3 Å². The zero-order valence-corrected chi connectivity index (χ0v) is 12.1. The molecule has 1 radical (unpaired) electrons. The van der Waals surface area contributed by atoms with E-state index in [9.17, 15) is 32.5 Å². The van der Waals surface area contributed by atoms with Crippen LogP contribution in [0.4, 0.5) is 23.2 Å². The van der Waals surface area contributed by atoms with E-state index in [1.807, 2.05) is 0 Å². The summed E-state index contributed by atoms with van der Waals surface area (Å²) in [7, 11) is 0. The van der Waals surface area contributed by atoms with Crippen LogP contribution in [0.5, 0.6) is 11.5 Å². The van der Waals surface area contributed by atoms with E-state index in [-0.39, 0.29) is 11.8 Å². The van der Waals surface area contributed by atoms with Gasteiger partial charge in [-0.1, -0.05) is 11.6 Å². The van der Waals surface area contributed by atoms with Crippen LogP contribution in [0, 0.1) is 15.9 Å². The third-order valence-electron chi connectivity index (χ3n) is 2.82. The van der Waals surface area contributed by atoms with E-state index < -0.39 is 44.5 Å². The summed E-state index contributed by atoms with van der Waals surface area (Å²) in [6, 6.07) is 3.49. The molecule has 0 spiro atoms. The molecular weight excluding hydrogens is 358 g/mol. The minimum Gasteiger partial charge on any atom is -0.453 e. The van der Waals surface area contributed by atoms with Gasteiger partial charge < -0.3 is 4.74 Å². The largest absolute Gasteiger partial charge is 0.453 e. The molecule has 0 saturated heterocycles. The van der Waals surface area contributed by atoms with Crippen LogP contribution in [0.15, 0.2) is 30.3 Å². The van der Waals surface area contributed by atoms with Crippen molar-refractivity contribution in [2.75, 3.05) is 0 Å². The van der Waals surface area contributed by atoms with Crippen molar-refractivity contribution in [2.24, 2.45) is 0 Å². The summed E-state index contributed by atoms with van der Waals surface area (Å²) in [6.07, 6.45) is -3.48. The fraction of sp³-hybridized carbons (Fsp3) is 0.0714. The first-order valence-corrected chi connectivity index (χ1v) is 6.42. The molecule has 0 heterocycles.